The molecule has 1 aromatic rings. The molecule has 1 aliphatic heterocycles. The molecule has 2 rings (SSSR count). The predicted molar refractivity (Wildman–Crippen MR) is 53.0 cm³/mol. The first-order valence-electron chi connectivity index (χ1n) is 5.22. The van der Waals surface area contributed by atoms with Crippen LogP contribution in [0.5, 0.6) is 0 Å². The van der Waals surface area contributed by atoms with Crippen molar-refractivity contribution in [2.45, 2.75) is 38.6 Å². The van der Waals surface area contributed by atoms with Crippen molar-refractivity contribution >= 4 is 0 Å². The van der Waals surface area contributed by atoms with Crippen LogP contribution < -0.4 is 0 Å². The molecule has 0 radical (unpaired) electrons. The van der Waals surface area contributed by atoms with Gasteiger partial charge < -0.3 is 4.52 Å². The zero-order valence-corrected chi connectivity index (χ0v) is 9.03. The molecule has 4 heteroatoms. The van der Waals surface area contributed by atoms with E-state index < -0.39 is 0 Å². The van der Waals surface area contributed by atoms with E-state index in [0.717, 1.165) is 24.7 Å². The molecule has 1 atom stereocenters. The first-order chi connectivity index (χ1) is 6.68. The molecule has 1 saturated heterocycles. The van der Waals surface area contributed by atoms with Gasteiger partial charge >= 0.3 is 0 Å². The van der Waals surface area contributed by atoms with Crippen LogP contribution in [0, 0.1) is 0 Å². The maximum atomic E-state index is 5.28. The number of hydrogen-bond acceptors (Lipinski definition) is 4. The van der Waals surface area contributed by atoms with E-state index in [1.165, 1.54) is 6.42 Å². The number of hydrogen-bond donors (Lipinski definition) is 0. The minimum Gasteiger partial charge on any atom is -0.338 e. The lowest BCUT2D eigenvalue weighted by Gasteiger charge is -2.14. The molecule has 78 valence electrons. The highest BCUT2D eigenvalue weighted by Gasteiger charge is 2.27. The Balaban J connectivity index is 2.16. The van der Waals surface area contributed by atoms with E-state index in [-0.39, 0.29) is 0 Å². The molecule has 2 heterocycles. The molecule has 0 N–H and O–H groups in total. The Morgan fingerprint density at radius 3 is 2.79 bits per heavy atom. The van der Waals surface area contributed by atoms with Crippen LogP contribution in [-0.4, -0.2) is 28.6 Å². The molecule has 14 heavy (non-hydrogen) atoms. The van der Waals surface area contributed by atoms with Crippen molar-refractivity contribution in [2.75, 3.05) is 13.6 Å². The van der Waals surface area contributed by atoms with Gasteiger partial charge in [0.15, 0.2) is 5.82 Å². The van der Waals surface area contributed by atoms with Crippen molar-refractivity contribution in [1.29, 1.82) is 0 Å². The Morgan fingerprint density at radius 1 is 1.50 bits per heavy atom. The van der Waals surface area contributed by atoms with Crippen molar-refractivity contribution in [3.8, 4) is 0 Å². The number of rotatable bonds is 2. The Kier molecular flexibility index (Phi) is 2.54. The van der Waals surface area contributed by atoms with E-state index in [0.29, 0.717) is 12.0 Å². The average molecular weight is 195 g/mol. The third kappa shape index (κ3) is 1.66. The highest BCUT2D eigenvalue weighted by atomic mass is 16.5. The summed E-state index contributed by atoms with van der Waals surface area (Å²) in [6.45, 7) is 5.28. The Morgan fingerprint density at radius 2 is 2.29 bits per heavy atom. The largest absolute Gasteiger partial charge is 0.338 e. The van der Waals surface area contributed by atoms with Gasteiger partial charge in [-0.25, -0.2) is 0 Å². The fraction of sp³-hybridized carbons (Fsp3) is 0.800. The van der Waals surface area contributed by atoms with E-state index in [4.69, 9.17) is 4.52 Å². The molecule has 0 saturated carbocycles. The number of aromatic nitrogens is 2. The number of nitrogens with zero attached hydrogens (tertiary/aromatic N) is 3. The second-order valence-electron chi connectivity index (χ2n) is 4.28. The van der Waals surface area contributed by atoms with Crippen LogP contribution in [0.2, 0.25) is 0 Å². The van der Waals surface area contributed by atoms with Gasteiger partial charge in [-0.3, -0.25) is 4.90 Å². The lowest BCUT2D eigenvalue weighted by Crippen LogP contribution is -2.17. The summed E-state index contributed by atoms with van der Waals surface area (Å²) < 4.78 is 5.28. The highest BCUT2D eigenvalue weighted by molar-refractivity contribution is 4.98. The van der Waals surface area contributed by atoms with Gasteiger partial charge in [0.1, 0.15) is 0 Å². The molecule has 1 aromatic heterocycles. The summed E-state index contributed by atoms with van der Waals surface area (Å²) in [6.07, 6.45) is 2.36. The third-order valence-corrected chi connectivity index (χ3v) is 2.78. The van der Waals surface area contributed by atoms with Gasteiger partial charge in [0.25, 0.3) is 0 Å². The van der Waals surface area contributed by atoms with Crippen LogP contribution in [-0.2, 0) is 0 Å². The summed E-state index contributed by atoms with van der Waals surface area (Å²) in [5.41, 5.74) is 0. The minimum atomic E-state index is 0.343. The fourth-order valence-electron chi connectivity index (χ4n) is 1.84. The summed E-state index contributed by atoms with van der Waals surface area (Å²) in [5.74, 6) is 1.95. The van der Waals surface area contributed by atoms with Gasteiger partial charge in [0, 0.05) is 5.92 Å². The predicted octanol–water partition coefficient (Wildman–Crippen LogP) is 1.96. The van der Waals surface area contributed by atoms with Crippen LogP contribution >= 0.6 is 0 Å². The molecule has 0 spiro atoms. The van der Waals surface area contributed by atoms with E-state index in [9.17, 15) is 0 Å². The Hall–Kier alpha value is -0.900. The fourth-order valence-corrected chi connectivity index (χ4v) is 1.84. The first-order valence-corrected chi connectivity index (χ1v) is 5.22. The van der Waals surface area contributed by atoms with Gasteiger partial charge in [-0.1, -0.05) is 19.0 Å². The van der Waals surface area contributed by atoms with E-state index in [1.807, 2.05) is 0 Å². The van der Waals surface area contributed by atoms with Crippen molar-refractivity contribution in [3.63, 3.8) is 0 Å². The molecule has 1 fully saturated rings. The first kappa shape index (κ1) is 9.65. The molecule has 0 unspecified atom stereocenters. The van der Waals surface area contributed by atoms with Crippen LogP contribution in [0.4, 0.5) is 0 Å². The van der Waals surface area contributed by atoms with Gasteiger partial charge in [0.05, 0.1) is 6.04 Å². The molecule has 0 amide bonds. The lowest BCUT2D eigenvalue weighted by molar-refractivity contribution is 0.244. The van der Waals surface area contributed by atoms with Gasteiger partial charge in [-0.2, -0.15) is 4.98 Å². The lowest BCUT2D eigenvalue weighted by atomic mass is 10.2. The quantitative estimate of drug-likeness (QED) is 0.723. The van der Waals surface area contributed by atoms with Gasteiger partial charge in [0.2, 0.25) is 5.89 Å². The monoisotopic (exact) mass is 195 g/mol. The average Bonchev–Trinajstić information content (AvgIpc) is 2.71. The molecule has 0 aromatic carbocycles. The second-order valence-corrected chi connectivity index (χ2v) is 4.28. The SMILES string of the molecule is CC(C)c1noc([C@@H]2CCCN2C)n1. The molecule has 4 nitrogen and oxygen atoms in total. The second kappa shape index (κ2) is 3.69. The normalized spacial score (nSPS) is 23.6. The summed E-state index contributed by atoms with van der Waals surface area (Å²) >= 11 is 0. The minimum absolute atomic E-state index is 0.343. The molecular formula is C10H17N3O. The maximum Gasteiger partial charge on any atom is 0.243 e. The van der Waals surface area contributed by atoms with Crippen molar-refractivity contribution in [1.82, 2.24) is 15.0 Å². The van der Waals surface area contributed by atoms with Crippen LogP contribution in [0.1, 0.15) is 50.4 Å². The summed E-state index contributed by atoms with van der Waals surface area (Å²) in [5, 5.41) is 3.98. The Labute approximate surface area is 84.3 Å². The van der Waals surface area contributed by atoms with E-state index >= 15 is 0 Å². The van der Waals surface area contributed by atoms with Gasteiger partial charge in [-0.15, -0.1) is 0 Å². The molecular weight excluding hydrogens is 178 g/mol. The number of likely N-dealkylation sites (tertiary alicyclic amines) is 1. The summed E-state index contributed by atoms with van der Waals surface area (Å²) in [6, 6.07) is 0.343. The van der Waals surface area contributed by atoms with Crippen LogP contribution in [0.15, 0.2) is 4.52 Å². The zero-order valence-electron chi connectivity index (χ0n) is 9.03. The standard InChI is InChI=1S/C10H17N3O/c1-7(2)9-11-10(14-12-9)8-5-4-6-13(8)3/h7-8H,4-6H2,1-3H3/t8-/m0/s1. The summed E-state index contributed by atoms with van der Waals surface area (Å²) in [7, 11) is 2.11. The van der Waals surface area contributed by atoms with Crippen molar-refractivity contribution in [2.24, 2.45) is 0 Å². The Bertz CT molecular complexity index is 308. The zero-order chi connectivity index (χ0) is 10.1. The maximum absolute atomic E-state index is 5.28. The van der Waals surface area contributed by atoms with E-state index in [2.05, 4.69) is 35.9 Å². The highest BCUT2D eigenvalue weighted by Crippen LogP contribution is 2.29. The molecule has 0 aliphatic carbocycles. The van der Waals surface area contributed by atoms with Crippen molar-refractivity contribution in [3.05, 3.63) is 11.7 Å². The van der Waals surface area contributed by atoms with Gasteiger partial charge in [-0.05, 0) is 26.4 Å². The topological polar surface area (TPSA) is 42.2 Å². The van der Waals surface area contributed by atoms with Crippen molar-refractivity contribution < 1.29 is 4.52 Å². The molecule has 1 aliphatic rings. The van der Waals surface area contributed by atoms with Crippen LogP contribution in [0.3, 0.4) is 0 Å². The smallest absolute Gasteiger partial charge is 0.243 e. The van der Waals surface area contributed by atoms with E-state index in [1.54, 1.807) is 0 Å². The van der Waals surface area contributed by atoms with Crippen LogP contribution in [0.25, 0.3) is 0 Å². The third-order valence-electron chi connectivity index (χ3n) is 2.78. The molecule has 0 bridgehead atoms. The summed E-state index contributed by atoms with van der Waals surface area (Å²) in [4.78, 5) is 6.70.